The molecule has 0 aliphatic rings. The highest BCUT2D eigenvalue weighted by atomic mass is 35.5. The first-order valence-electron chi connectivity index (χ1n) is 7.12. The largest absolute Gasteiger partial charge is 0.492 e. The van der Waals surface area contributed by atoms with Gasteiger partial charge in [-0.15, -0.1) is 0 Å². The van der Waals surface area contributed by atoms with Gasteiger partial charge in [0.2, 0.25) is 0 Å². The summed E-state index contributed by atoms with van der Waals surface area (Å²) < 4.78 is 32.6. The second-order valence-electron chi connectivity index (χ2n) is 4.89. The summed E-state index contributed by atoms with van der Waals surface area (Å²) in [6.45, 7) is 6.06. The molecule has 0 fully saturated rings. The summed E-state index contributed by atoms with van der Waals surface area (Å²) in [7, 11) is -3.79. The molecule has 2 aromatic rings. The predicted octanol–water partition coefficient (Wildman–Crippen LogP) is 3.43. The zero-order valence-electron chi connectivity index (χ0n) is 12.8. The molecule has 0 amide bonds. The maximum Gasteiger partial charge on any atom is 0.272 e. The predicted molar refractivity (Wildman–Crippen MR) is 86.2 cm³/mol. The number of ether oxygens (including phenoxy) is 1. The molecule has 1 heterocycles. The Balaban J connectivity index is 2.61. The lowest BCUT2D eigenvalue weighted by molar-refractivity contribution is 0.309. The Labute approximate surface area is 135 Å². The average molecular weight is 343 g/mol. The van der Waals surface area contributed by atoms with Gasteiger partial charge in [0.25, 0.3) is 10.0 Å². The van der Waals surface area contributed by atoms with Crippen LogP contribution in [-0.4, -0.2) is 24.0 Å². The fourth-order valence-corrected chi connectivity index (χ4v) is 3.81. The van der Waals surface area contributed by atoms with Crippen LogP contribution in [0.2, 0.25) is 5.02 Å². The van der Waals surface area contributed by atoms with Gasteiger partial charge < -0.3 is 4.74 Å². The lowest BCUT2D eigenvalue weighted by Crippen LogP contribution is -2.16. The first-order valence-corrected chi connectivity index (χ1v) is 8.94. The number of imidazole rings is 1. The number of rotatable bonds is 6. The molecule has 0 atom stereocenters. The Morgan fingerprint density at radius 2 is 2.05 bits per heavy atom. The van der Waals surface area contributed by atoms with Gasteiger partial charge in [0.05, 0.1) is 6.61 Å². The maximum absolute atomic E-state index is 12.9. The third-order valence-electron chi connectivity index (χ3n) is 3.22. The Kier molecular flexibility index (Phi) is 5.13. The third-order valence-corrected chi connectivity index (χ3v) is 5.35. The van der Waals surface area contributed by atoms with Gasteiger partial charge in [0.15, 0.2) is 0 Å². The molecule has 22 heavy (non-hydrogen) atoms. The van der Waals surface area contributed by atoms with Crippen molar-refractivity contribution in [3.63, 3.8) is 0 Å². The van der Waals surface area contributed by atoms with Gasteiger partial charge in [-0.2, -0.15) is 0 Å². The molecule has 0 saturated carbocycles. The van der Waals surface area contributed by atoms with E-state index in [1.54, 1.807) is 6.07 Å². The number of hydrogen-bond donors (Lipinski definition) is 0. The Morgan fingerprint density at radius 3 is 2.68 bits per heavy atom. The quantitative estimate of drug-likeness (QED) is 0.806. The highest BCUT2D eigenvalue weighted by Crippen LogP contribution is 2.32. The van der Waals surface area contributed by atoms with Crippen molar-refractivity contribution in [2.24, 2.45) is 0 Å². The molecule has 0 spiro atoms. The molecule has 0 radical (unpaired) electrons. The van der Waals surface area contributed by atoms with Crippen LogP contribution < -0.4 is 4.74 Å². The second-order valence-corrected chi connectivity index (χ2v) is 7.09. The van der Waals surface area contributed by atoms with E-state index in [0.29, 0.717) is 29.6 Å². The van der Waals surface area contributed by atoms with Gasteiger partial charge in [0, 0.05) is 23.8 Å². The van der Waals surface area contributed by atoms with Gasteiger partial charge in [-0.3, -0.25) is 0 Å². The highest BCUT2D eigenvalue weighted by Gasteiger charge is 2.25. The molecule has 1 aromatic heterocycles. The highest BCUT2D eigenvalue weighted by molar-refractivity contribution is 7.90. The molecule has 0 aliphatic carbocycles. The molecule has 5 nitrogen and oxygen atoms in total. The fourth-order valence-electron chi connectivity index (χ4n) is 2.06. The van der Waals surface area contributed by atoms with E-state index in [1.165, 1.54) is 22.4 Å². The smallest absolute Gasteiger partial charge is 0.272 e. The van der Waals surface area contributed by atoms with Crippen molar-refractivity contribution in [3.05, 3.63) is 40.9 Å². The van der Waals surface area contributed by atoms with Crippen molar-refractivity contribution in [1.29, 1.82) is 0 Å². The Morgan fingerprint density at radius 1 is 1.32 bits per heavy atom. The average Bonchev–Trinajstić information content (AvgIpc) is 2.97. The number of nitrogens with zero attached hydrogens (tertiary/aromatic N) is 2. The standard InChI is InChI=1S/C15H19ClN2O3S/c1-4-8-21-13-9-11(3)12(16)10-14(13)22(19,20)18-7-6-17-15(18)5-2/h6-7,9-10H,4-5,8H2,1-3H3. The lowest BCUT2D eigenvalue weighted by atomic mass is 10.2. The number of benzene rings is 1. The van der Waals surface area contributed by atoms with E-state index >= 15 is 0 Å². The summed E-state index contributed by atoms with van der Waals surface area (Å²) in [5.74, 6) is 0.789. The molecular weight excluding hydrogens is 324 g/mol. The van der Waals surface area contributed by atoms with Crippen LogP contribution in [0, 0.1) is 6.92 Å². The van der Waals surface area contributed by atoms with Crippen molar-refractivity contribution >= 4 is 21.6 Å². The maximum atomic E-state index is 12.9. The molecular formula is C15H19ClN2O3S. The van der Waals surface area contributed by atoms with Gasteiger partial charge in [0.1, 0.15) is 16.5 Å². The first kappa shape index (κ1) is 16.8. The zero-order valence-corrected chi connectivity index (χ0v) is 14.4. The molecule has 2 rings (SSSR count). The van der Waals surface area contributed by atoms with Crippen LogP contribution in [0.5, 0.6) is 5.75 Å². The lowest BCUT2D eigenvalue weighted by Gasteiger charge is -2.15. The summed E-state index contributed by atoms with van der Waals surface area (Å²) in [5.41, 5.74) is 0.771. The van der Waals surface area contributed by atoms with E-state index in [-0.39, 0.29) is 4.90 Å². The molecule has 0 aliphatic heterocycles. The number of hydrogen-bond acceptors (Lipinski definition) is 4. The fraction of sp³-hybridized carbons (Fsp3) is 0.400. The van der Waals surface area contributed by atoms with Crippen LogP contribution in [0.25, 0.3) is 0 Å². The van der Waals surface area contributed by atoms with Crippen LogP contribution in [0.4, 0.5) is 0 Å². The SMILES string of the molecule is CCCOc1cc(C)c(Cl)cc1S(=O)(=O)n1ccnc1CC. The first-order chi connectivity index (χ1) is 10.4. The Bertz CT molecular complexity index is 769. The molecule has 0 N–H and O–H groups in total. The molecule has 1 aromatic carbocycles. The van der Waals surface area contributed by atoms with Crippen molar-refractivity contribution < 1.29 is 13.2 Å². The molecule has 7 heteroatoms. The van der Waals surface area contributed by atoms with E-state index in [1.807, 2.05) is 20.8 Å². The van der Waals surface area contributed by atoms with Crippen LogP contribution in [0.15, 0.2) is 29.4 Å². The van der Waals surface area contributed by atoms with Crippen LogP contribution in [0.1, 0.15) is 31.7 Å². The van der Waals surface area contributed by atoms with Crippen molar-refractivity contribution in [1.82, 2.24) is 8.96 Å². The van der Waals surface area contributed by atoms with Crippen molar-refractivity contribution in [2.45, 2.75) is 38.5 Å². The van der Waals surface area contributed by atoms with Gasteiger partial charge >= 0.3 is 0 Å². The van der Waals surface area contributed by atoms with Crippen molar-refractivity contribution in [2.75, 3.05) is 6.61 Å². The topological polar surface area (TPSA) is 61.2 Å². The van der Waals surface area contributed by atoms with E-state index in [9.17, 15) is 8.42 Å². The number of halogens is 1. The summed E-state index contributed by atoms with van der Waals surface area (Å²) >= 11 is 6.12. The van der Waals surface area contributed by atoms with Gasteiger partial charge in [-0.25, -0.2) is 17.4 Å². The summed E-state index contributed by atoms with van der Waals surface area (Å²) in [4.78, 5) is 4.13. The normalized spacial score (nSPS) is 11.6. The third kappa shape index (κ3) is 3.13. The Hall–Kier alpha value is -1.53. The summed E-state index contributed by atoms with van der Waals surface area (Å²) in [6.07, 6.45) is 4.20. The van der Waals surface area contributed by atoms with Gasteiger partial charge in [-0.1, -0.05) is 25.4 Å². The minimum atomic E-state index is -3.79. The molecule has 120 valence electrons. The second kappa shape index (κ2) is 6.71. The van der Waals surface area contributed by atoms with Crippen LogP contribution in [0.3, 0.4) is 0 Å². The minimum absolute atomic E-state index is 0.0595. The van der Waals surface area contributed by atoms with E-state index in [2.05, 4.69) is 4.98 Å². The number of aromatic nitrogens is 2. The van der Waals surface area contributed by atoms with E-state index < -0.39 is 10.0 Å². The monoisotopic (exact) mass is 342 g/mol. The van der Waals surface area contributed by atoms with Crippen molar-refractivity contribution in [3.8, 4) is 5.75 Å². The summed E-state index contributed by atoms with van der Waals surface area (Å²) in [5, 5.41) is 0.389. The molecule has 0 bridgehead atoms. The van der Waals surface area contributed by atoms with E-state index in [0.717, 1.165) is 12.0 Å². The number of aryl methyl sites for hydroxylation is 2. The van der Waals surface area contributed by atoms with Crippen LogP contribution >= 0.6 is 11.6 Å². The zero-order chi connectivity index (χ0) is 16.3. The molecule has 0 unspecified atom stereocenters. The minimum Gasteiger partial charge on any atom is -0.492 e. The van der Waals surface area contributed by atoms with Crippen LogP contribution in [-0.2, 0) is 16.4 Å². The summed E-state index contributed by atoms with van der Waals surface area (Å²) in [6, 6.07) is 3.10. The van der Waals surface area contributed by atoms with Gasteiger partial charge in [-0.05, 0) is 31.0 Å². The molecule has 0 saturated heterocycles. The van der Waals surface area contributed by atoms with E-state index in [4.69, 9.17) is 16.3 Å².